The molecule has 0 saturated carbocycles. The van der Waals surface area contributed by atoms with Crippen LogP contribution in [-0.4, -0.2) is 31.3 Å². The molecule has 1 amide bonds. The van der Waals surface area contributed by atoms with Crippen LogP contribution < -0.4 is 0 Å². The molecule has 0 bridgehead atoms. The Hall–Kier alpha value is -3.50. The first kappa shape index (κ1) is 24.2. The zero-order valence-electron chi connectivity index (χ0n) is 18.9. The molecule has 0 saturated heterocycles. The highest BCUT2D eigenvalue weighted by Crippen LogP contribution is 2.38. The second kappa shape index (κ2) is 8.86. The first-order valence-corrected chi connectivity index (χ1v) is 13.3. The summed E-state index contributed by atoms with van der Waals surface area (Å²) in [5.41, 5.74) is 2.40. The van der Waals surface area contributed by atoms with E-state index < -0.39 is 32.2 Å². The molecule has 0 fully saturated rings. The van der Waals surface area contributed by atoms with Crippen LogP contribution in [0.3, 0.4) is 0 Å². The number of halogens is 3. The average molecular weight is 529 g/mol. The molecule has 2 aromatic carbocycles. The van der Waals surface area contributed by atoms with Gasteiger partial charge in [-0.3, -0.25) is 9.78 Å². The van der Waals surface area contributed by atoms with E-state index in [4.69, 9.17) is 0 Å². The van der Waals surface area contributed by atoms with Crippen LogP contribution in [0.2, 0.25) is 0 Å². The molecule has 184 valence electrons. The van der Waals surface area contributed by atoms with Gasteiger partial charge in [-0.05, 0) is 59.2 Å². The fourth-order valence-corrected chi connectivity index (χ4v) is 6.78. The SMILES string of the molecule is CN1Cc2cc(-c3ccc(-c4cncc(CS(=O)(=O)c5ccccc5C(F)(F)F)c4)s3)ccc2C1=O. The molecule has 0 N–H and O–H groups in total. The lowest BCUT2D eigenvalue weighted by Gasteiger charge is -2.13. The molecule has 0 spiro atoms. The van der Waals surface area contributed by atoms with E-state index in [1.807, 2.05) is 30.3 Å². The molecule has 3 heterocycles. The summed E-state index contributed by atoms with van der Waals surface area (Å²) in [5.74, 6) is -0.606. The molecule has 0 radical (unpaired) electrons. The number of benzene rings is 2. The highest BCUT2D eigenvalue weighted by molar-refractivity contribution is 7.90. The lowest BCUT2D eigenvalue weighted by Crippen LogP contribution is -2.17. The van der Waals surface area contributed by atoms with Crippen LogP contribution in [-0.2, 0) is 28.3 Å². The Labute approximate surface area is 209 Å². The van der Waals surface area contributed by atoms with Crippen molar-refractivity contribution in [1.29, 1.82) is 0 Å². The zero-order chi connectivity index (χ0) is 25.7. The van der Waals surface area contributed by atoms with Crippen LogP contribution in [0, 0.1) is 0 Å². The number of hydrogen-bond acceptors (Lipinski definition) is 5. The van der Waals surface area contributed by atoms with E-state index in [9.17, 15) is 26.4 Å². The van der Waals surface area contributed by atoms with E-state index >= 15 is 0 Å². The van der Waals surface area contributed by atoms with Crippen LogP contribution in [0.25, 0.3) is 20.9 Å². The van der Waals surface area contributed by atoms with Crippen LogP contribution in [0.1, 0.15) is 27.0 Å². The van der Waals surface area contributed by atoms with Gasteiger partial charge in [-0.25, -0.2) is 8.42 Å². The minimum Gasteiger partial charge on any atom is -0.337 e. The van der Waals surface area contributed by atoms with E-state index in [2.05, 4.69) is 4.98 Å². The second-order valence-electron chi connectivity index (χ2n) is 8.53. The molecule has 36 heavy (non-hydrogen) atoms. The molecule has 5 nitrogen and oxygen atoms in total. The van der Waals surface area contributed by atoms with Crippen molar-refractivity contribution in [2.75, 3.05) is 7.05 Å². The zero-order valence-corrected chi connectivity index (χ0v) is 20.5. The molecule has 1 aliphatic heterocycles. The third kappa shape index (κ3) is 4.54. The number of carbonyl (C=O) groups is 1. The van der Waals surface area contributed by atoms with Crippen molar-refractivity contribution >= 4 is 27.1 Å². The Morgan fingerprint density at radius 1 is 0.972 bits per heavy atom. The van der Waals surface area contributed by atoms with Crippen LogP contribution in [0.15, 0.2) is 78.0 Å². The molecule has 5 rings (SSSR count). The number of thiophene rings is 1. The number of sulfone groups is 1. The summed E-state index contributed by atoms with van der Waals surface area (Å²) in [4.78, 5) is 19.0. The predicted octanol–water partition coefficient (Wildman–Crippen LogP) is 6.06. The standard InChI is InChI=1S/C26H19F3N2O3S2/c1-31-14-19-11-17(6-7-20(19)25(31)32)22-8-9-23(35-22)18-10-16(12-30-13-18)15-36(33,34)24-5-3-2-4-21(24)26(27,28)29/h2-13H,14-15H2,1H3. The van der Waals surface area contributed by atoms with E-state index in [0.717, 1.165) is 39.1 Å². The van der Waals surface area contributed by atoms with Gasteiger partial charge in [0.05, 0.1) is 16.2 Å². The smallest absolute Gasteiger partial charge is 0.337 e. The van der Waals surface area contributed by atoms with Crippen molar-refractivity contribution in [2.45, 2.75) is 23.4 Å². The van der Waals surface area contributed by atoms with Crippen LogP contribution >= 0.6 is 11.3 Å². The summed E-state index contributed by atoms with van der Waals surface area (Å²) in [6.07, 6.45) is -1.84. The van der Waals surface area contributed by atoms with Crippen LogP contribution in [0.5, 0.6) is 0 Å². The Morgan fingerprint density at radius 2 is 1.69 bits per heavy atom. The molecule has 0 unspecified atom stereocenters. The Bertz CT molecular complexity index is 1590. The monoisotopic (exact) mass is 528 g/mol. The van der Waals surface area contributed by atoms with Gasteiger partial charge in [0, 0.05) is 46.9 Å². The molecule has 10 heteroatoms. The number of aromatic nitrogens is 1. The maximum atomic E-state index is 13.4. The third-order valence-electron chi connectivity index (χ3n) is 5.94. The van der Waals surface area contributed by atoms with Gasteiger partial charge >= 0.3 is 6.18 Å². The first-order chi connectivity index (χ1) is 17.0. The van der Waals surface area contributed by atoms with Gasteiger partial charge < -0.3 is 4.90 Å². The van der Waals surface area contributed by atoms with Gasteiger partial charge in [0.2, 0.25) is 0 Å². The third-order valence-corrected chi connectivity index (χ3v) is 8.87. The normalized spacial score (nSPS) is 13.8. The quantitative estimate of drug-likeness (QED) is 0.316. The van der Waals surface area contributed by atoms with Gasteiger partial charge in [0.1, 0.15) is 0 Å². The summed E-state index contributed by atoms with van der Waals surface area (Å²) >= 11 is 1.48. The minimum absolute atomic E-state index is 0.000817. The number of fused-ring (bicyclic) bond motifs is 1. The predicted molar refractivity (Wildman–Crippen MR) is 131 cm³/mol. The lowest BCUT2D eigenvalue weighted by molar-refractivity contribution is -0.139. The van der Waals surface area contributed by atoms with Crippen LogP contribution in [0.4, 0.5) is 13.2 Å². The van der Waals surface area contributed by atoms with E-state index in [-0.39, 0.29) is 5.91 Å². The van der Waals surface area contributed by atoms with E-state index in [0.29, 0.717) is 23.2 Å². The summed E-state index contributed by atoms with van der Waals surface area (Å²) in [7, 11) is -2.51. The van der Waals surface area contributed by atoms with Crippen molar-refractivity contribution in [3.05, 3.63) is 95.3 Å². The van der Waals surface area contributed by atoms with Gasteiger partial charge in [-0.1, -0.05) is 18.2 Å². The van der Waals surface area contributed by atoms with Gasteiger partial charge in [-0.2, -0.15) is 13.2 Å². The number of pyridine rings is 1. The Kier molecular flexibility index (Phi) is 5.96. The summed E-state index contributed by atoms with van der Waals surface area (Å²) in [6.45, 7) is 0.554. The number of hydrogen-bond donors (Lipinski definition) is 0. The fourth-order valence-electron chi connectivity index (χ4n) is 4.24. The fraction of sp³-hybridized carbons (Fsp3) is 0.154. The highest BCUT2D eigenvalue weighted by atomic mass is 32.2. The molecular weight excluding hydrogens is 509 g/mol. The van der Waals surface area contributed by atoms with Crippen molar-refractivity contribution < 1.29 is 26.4 Å². The summed E-state index contributed by atoms with van der Waals surface area (Å²) in [6, 6.07) is 15.3. The number of nitrogens with zero attached hydrogens (tertiary/aromatic N) is 2. The Balaban J connectivity index is 1.42. The first-order valence-electron chi connectivity index (χ1n) is 10.8. The lowest BCUT2D eigenvalue weighted by atomic mass is 10.1. The largest absolute Gasteiger partial charge is 0.417 e. The Morgan fingerprint density at radius 3 is 2.44 bits per heavy atom. The second-order valence-corrected chi connectivity index (χ2v) is 11.6. The molecular formula is C26H19F3N2O3S2. The number of alkyl halides is 3. The number of carbonyl (C=O) groups excluding carboxylic acids is 1. The topological polar surface area (TPSA) is 67.3 Å². The molecule has 0 aliphatic carbocycles. The number of amides is 1. The molecule has 2 aromatic heterocycles. The minimum atomic E-state index is -4.78. The summed E-state index contributed by atoms with van der Waals surface area (Å²) in [5, 5.41) is 0. The van der Waals surface area contributed by atoms with Gasteiger partial charge in [-0.15, -0.1) is 11.3 Å². The number of rotatable bonds is 5. The van der Waals surface area contributed by atoms with E-state index in [1.165, 1.54) is 23.6 Å². The van der Waals surface area contributed by atoms with Crippen molar-refractivity contribution in [3.63, 3.8) is 0 Å². The molecule has 4 aromatic rings. The van der Waals surface area contributed by atoms with Gasteiger partial charge in [0.25, 0.3) is 5.91 Å². The maximum Gasteiger partial charge on any atom is 0.417 e. The highest BCUT2D eigenvalue weighted by Gasteiger charge is 2.36. The average Bonchev–Trinajstić information content (AvgIpc) is 3.43. The summed E-state index contributed by atoms with van der Waals surface area (Å²) < 4.78 is 65.9. The van der Waals surface area contributed by atoms with E-state index in [1.54, 1.807) is 24.2 Å². The maximum absolute atomic E-state index is 13.4. The van der Waals surface area contributed by atoms with Gasteiger partial charge in [0.15, 0.2) is 9.84 Å². The van der Waals surface area contributed by atoms with Crippen molar-refractivity contribution in [1.82, 2.24) is 9.88 Å². The van der Waals surface area contributed by atoms with Crippen molar-refractivity contribution in [2.24, 2.45) is 0 Å². The molecule has 1 aliphatic rings. The van der Waals surface area contributed by atoms with Crippen molar-refractivity contribution in [3.8, 4) is 20.9 Å². The molecule has 0 atom stereocenters.